The highest BCUT2D eigenvalue weighted by atomic mass is 35.5. The number of nitrogens with zero attached hydrogens (tertiary/aromatic N) is 6. The maximum Gasteiger partial charge on any atom is 0.270 e. The van der Waals surface area contributed by atoms with Gasteiger partial charge < -0.3 is 9.47 Å². The van der Waals surface area contributed by atoms with Crippen LogP contribution in [-0.4, -0.2) is 49.3 Å². The van der Waals surface area contributed by atoms with Crippen molar-refractivity contribution >= 4 is 40.5 Å². The largest absolute Gasteiger partial charge is 0.337 e. The van der Waals surface area contributed by atoms with Gasteiger partial charge >= 0.3 is 0 Å². The first-order chi connectivity index (χ1) is 14.1. The Hall–Kier alpha value is -3.42. The van der Waals surface area contributed by atoms with Crippen molar-refractivity contribution in [2.75, 3.05) is 13.1 Å². The zero-order chi connectivity index (χ0) is 20.4. The van der Waals surface area contributed by atoms with Gasteiger partial charge in [-0.05, 0) is 30.8 Å². The molecule has 4 rings (SSSR count). The summed E-state index contributed by atoms with van der Waals surface area (Å²) in [7, 11) is 0. The number of hydrogen-bond donors (Lipinski definition) is 2. The Labute approximate surface area is 171 Å². The molecule has 1 aliphatic rings. The normalized spacial score (nSPS) is 16.4. The van der Waals surface area contributed by atoms with E-state index >= 15 is 0 Å². The van der Waals surface area contributed by atoms with Crippen molar-refractivity contribution in [3.05, 3.63) is 41.6 Å². The second-order valence-electron chi connectivity index (χ2n) is 6.64. The van der Waals surface area contributed by atoms with Crippen LogP contribution >= 0.6 is 11.6 Å². The van der Waals surface area contributed by atoms with Gasteiger partial charge in [0.15, 0.2) is 5.65 Å². The van der Waals surface area contributed by atoms with E-state index in [1.54, 1.807) is 11.0 Å². The average Bonchev–Trinajstić information content (AvgIpc) is 3.12. The van der Waals surface area contributed by atoms with E-state index < -0.39 is 0 Å². The van der Waals surface area contributed by atoms with E-state index in [1.165, 1.54) is 6.20 Å². The molecule has 1 aromatic carbocycles. The van der Waals surface area contributed by atoms with E-state index in [0.29, 0.717) is 35.1 Å². The van der Waals surface area contributed by atoms with Crippen LogP contribution in [0.1, 0.15) is 18.9 Å². The van der Waals surface area contributed by atoms with Crippen molar-refractivity contribution in [2.45, 2.75) is 18.9 Å². The van der Waals surface area contributed by atoms with Crippen LogP contribution in [0, 0.1) is 10.9 Å². The smallest absolute Gasteiger partial charge is 0.270 e. The molecule has 9 nitrogen and oxygen atoms in total. The summed E-state index contributed by atoms with van der Waals surface area (Å²) in [6.45, 7) is 1.06. The highest BCUT2D eigenvalue weighted by Gasteiger charge is 2.29. The molecule has 1 aliphatic heterocycles. The minimum Gasteiger partial charge on any atom is -0.337 e. The molecule has 1 unspecified atom stereocenters. The first-order valence-corrected chi connectivity index (χ1v) is 9.42. The van der Waals surface area contributed by atoms with Crippen molar-refractivity contribution in [3.8, 4) is 11.4 Å². The van der Waals surface area contributed by atoms with E-state index in [0.717, 1.165) is 24.5 Å². The topological polar surface area (TPSA) is 124 Å². The molecule has 1 atom stereocenters. The lowest BCUT2D eigenvalue weighted by Crippen LogP contribution is -2.40. The van der Waals surface area contributed by atoms with E-state index in [9.17, 15) is 4.79 Å². The fourth-order valence-electron chi connectivity index (χ4n) is 3.63. The Kier molecular flexibility index (Phi) is 5.16. The molecule has 0 spiro atoms. The van der Waals surface area contributed by atoms with Crippen molar-refractivity contribution in [2.24, 2.45) is 5.11 Å². The van der Waals surface area contributed by atoms with Gasteiger partial charge in [0.2, 0.25) is 0 Å². The summed E-state index contributed by atoms with van der Waals surface area (Å²) in [5.41, 5.74) is 9.10. The van der Waals surface area contributed by atoms with Crippen LogP contribution in [0.2, 0.25) is 5.02 Å². The lowest BCUT2D eigenvalue weighted by atomic mass is 10.0. The van der Waals surface area contributed by atoms with Crippen molar-refractivity contribution in [1.29, 1.82) is 10.9 Å². The Morgan fingerprint density at radius 3 is 2.93 bits per heavy atom. The zero-order valence-electron chi connectivity index (χ0n) is 15.3. The molecule has 3 aromatic rings. The molecule has 2 N–H and O–H groups in total. The quantitative estimate of drug-likeness (QED) is 0.387. The number of rotatable bonds is 4. The zero-order valence-corrected chi connectivity index (χ0v) is 16.1. The molecule has 0 radical (unpaired) electrons. The van der Waals surface area contributed by atoms with Crippen LogP contribution in [0.15, 0.2) is 41.7 Å². The van der Waals surface area contributed by atoms with Crippen molar-refractivity contribution in [3.63, 3.8) is 0 Å². The number of imidazole rings is 1. The van der Waals surface area contributed by atoms with Gasteiger partial charge in [-0.25, -0.2) is 15.5 Å². The van der Waals surface area contributed by atoms with Crippen molar-refractivity contribution < 1.29 is 4.79 Å². The molecular weight excluding hydrogens is 392 g/mol. The highest BCUT2D eigenvalue weighted by molar-refractivity contribution is 6.33. The number of likely N-dealkylation sites (tertiary alicyclic amines) is 1. The van der Waals surface area contributed by atoms with Gasteiger partial charge in [-0.3, -0.25) is 10.2 Å². The summed E-state index contributed by atoms with van der Waals surface area (Å²) < 4.78 is 1.96. The van der Waals surface area contributed by atoms with Gasteiger partial charge in [0.25, 0.3) is 11.9 Å². The third kappa shape index (κ3) is 3.53. The number of aromatic nitrogens is 4. The van der Waals surface area contributed by atoms with Gasteiger partial charge in [0.05, 0.1) is 23.3 Å². The molecule has 2 aromatic heterocycles. The first kappa shape index (κ1) is 18.9. The minimum atomic E-state index is -0.245. The maximum absolute atomic E-state index is 12.3. The monoisotopic (exact) mass is 408 g/mol. The molecule has 3 heterocycles. The summed E-state index contributed by atoms with van der Waals surface area (Å²) in [6, 6.07) is 7.30. The summed E-state index contributed by atoms with van der Waals surface area (Å²) in [5.74, 6) is 2.47. The lowest BCUT2D eigenvalue weighted by Gasteiger charge is -2.33. The predicted molar refractivity (Wildman–Crippen MR) is 108 cm³/mol. The number of amides is 1. The lowest BCUT2D eigenvalue weighted by molar-refractivity contribution is -0.127. The number of nitrogens with one attached hydrogen (secondary N) is 2. The molecule has 1 fully saturated rings. The first-order valence-electron chi connectivity index (χ1n) is 9.04. The number of halogens is 1. The third-order valence-corrected chi connectivity index (χ3v) is 5.23. The van der Waals surface area contributed by atoms with Crippen molar-refractivity contribution in [1.82, 2.24) is 24.4 Å². The third-order valence-electron chi connectivity index (χ3n) is 4.90. The van der Waals surface area contributed by atoms with Crippen LogP contribution < -0.4 is 0 Å². The van der Waals surface area contributed by atoms with Crippen LogP contribution in [0.3, 0.4) is 0 Å². The molecule has 146 valence electrons. The Bertz CT molecular complexity index is 1150. The molecule has 0 saturated carbocycles. The Morgan fingerprint density at radius 1 is 1.34 bits per heavy atom. The SMILES string of the molecule is N=C=CC(=O)N1CCCC(n2c(-c3ccccc3Cl)nc3cnc(N=N)nc32)C1. The number of piperidine rings is 1. The van der Waals surface area contributed by atoms with E-state index in [-0.39, 0.29) is 17.9 Å². The Balaban J connectivity index is 1.88. The molecule has 10 heteroatoms. The maximum atomic E-state index is 12.3. The molecule has 1 amide bonds. The van der Waals surface area contributed by atoms with Gasteiger partial charge in [-0.1, -0.05) is 23.7 Å². The van der Waals surface area contributed by atoms with E-state index in [2.05, 4.69) is 15.1 Å². The Morgan fingerprint density at radius 2 is 2.17 bits per heavy atom. The summed E-state index contributed by atoms with van der Waals surface area (Å²) in [4.78, 5) is 27.1. The number of hydrogen-bond acceptors (Lipinski definition) is 7. The molecule has 1 saturated heterocycles. The van der Waals surface area contributed by atoms with Gasteiger partial charge in [-0.2, -0.15) is 4.98 Å². The van der Waals surface area contributed by atoms with Gasteiger partial charge in [-0.15, -0.1) is 5.11 Å². The molecule has 0 aliphatic carbocycles. The van der Waals surface area contributed by atoms with E-state index in [1.807, 2.05) is 28.6 Å². The highest BCUT2D eigenvalue weighted by Crippen LogP contribution is 2.35. The predicted octanol–water partition coefficient (Wildman–Crippen LogP) is 3.78. The van der Waals surface area contributed by atoms with Gasteiger partial charge in [0, 0.05) is 18.7 Å². The summed E-state index contributed by atoms with van der Waals surface area (Å²) in [6.07, 6.45) is 4.28. The molecular formula is C19H17ClN8O. The number of benzene rings is 1. The second-order valence-corrected chi connectivity index (χ2v) is 7.05. The van der Waals surface area contributed by atoms with Gasteiger partial charge in [0.1, 0.15) is 11.3 Å². The van der Waals surface area contributed by atoms with Crippen LogP contribution in [0.5, 0.6) is 0 Å². The number of fused-ring (bicyclic) bond motifs is 1. The number of carbonyl (C=O) groups excluding carboxylic acids is 1. The number of carbonyl (C=O) groups is 1. The van der Waals surface area contributed by atoms with E-state index in [4.69, 9.17) is 27.5 Å². The molecule has 0 bridgehead atoms. The standard InChI is InChI=1S/C19H17ClN8O/c20-14-6-2-1-5-13(14)17-24-15-10-23-19(26-22)25-18(15)28(17)12-4-3-9-27(11-12)16(29)7-8-21/h1-2,5-7,10,12,21-22H,3-4,9,11H2. The van der Waals surface area contributed by atoms with Crippen LogP contribution in [0.4, 0.5) is 5.95 Å². The fourth-order valence-corrected chi connectivity index (χ4v) is 3.85. The minimum absolute atomic E-state index is 0.0415. The second kappa shape index (κ2) is 7.90. The molecule has 29 heavy (non-hydrogen) atoms. The fraction of sp³-hybridized carbons (Fsp3) is 0.263. The van der Waals surface area contributed by atoms with Crippen LogP contribution in [-0.2, 0) is 4.79 Å². The average molecular weight is 409 g/mol. The summed E-state index contributed by atoms with van der Waals surface area (Å²) in [5, 5.41) is 10.9. The summed E-state index contributed by atoms with van der Waals surface area (Å²) >= 11 is 6.44. The van der Waals surface area contributed by atoms with Crippen LogP contribution in [0.25, 0.3) is 22.6 Å².